The van der Waals surface area contributed by atoms with Crippen LogP contribution < -0.4 is 4.90 Å². The molecule has 0 saturated carbocycles. The quantitative estimate of drug-likeness (QED) is 0.689. The van der Waals surface area contributed by atoms with Crippen LogP contribution in [0.1, 0.15) is 31.7 Å². The molecule has 146 valence electrons. The number of rotatable bonds is 4. The van der Waals surface area contributed by atoms with Crippen molar-refractivity contribution in [1.29, 1.82) is 0 Å². The molecule has 1 amide bonds. The predicted molar refractivity (Wildman–Crippen MR) is 102 cm³/mol. The van der Waals surface area contributed by atoms with Crippen molar-refractivity contribution in [3.63, 3.8) is 0 Å². The first kappa shape index (κ1) is 18.3. The highest BCUT2D eigenvalue weighted by atomic mass is 19.1. The van der Waals surface area contributed by atoms with Crippen LogP contribution in [0.5, 0.6) is 0 Å². The smallest absolute Gasteiger partial charge is 0.298 e. The summed E-state index contributed by atoms with van der Waals surface area (Å²) in [7, 11) is 0. The molecule has 28 heavy (non-hydrogen) atoms. The van der Waals surface area contributed by atoms with E-state index < -0.39 is 0 Å². The van der Waals surface area contributed by atoms with E-state index in [0.717, 1.165) is 37.9 Å². The number of halogens is 1. The van der Waals surface area contributed by atoms with Crippen molar-refractivity contribution in [3.8, 4) is 0 Å². The monoisotopic (exact) mass is 383 g/mol. The van der Waals surface area contributed by atoms with Crippen molar-refractivity contribution < 1.29 is 13.6 Å². The minimum absolute atomic E-state index is 0.0413. The van der Waals surface area contributed by atoms with Crippen molar-refractivity contribution in [2.75, 3.05) is 18.0 Å². The van der Waals surface area contributed by atoms with E-state index in [4.69, 9.17) is 4.42 Å². The third kappa shape index (κ3) is 3.95. The summed E-state index contributed by atoms with van der Waals surface area (Å²) < 4.78 is 19.2. The maximum absolute atomic E-state index is 13.4. The van der Waals surface area contributed by atoms with E-state index in [1.165, 1.54) is 18.5 Å². The van der Waals surface area contributed by atoms with Crippen LogP contribution in [0, 0.1) is 5.82 Å². The average molecular weight is 383 g/mol. The molecule has 0 spiro atoms. The second-order valence-electron chi connectivity index (χ2n) is 7.07. The highest BCUT2D eigenvalue weighted by molar-refractivity contribution is 5.74. The number of carbonyl (C=O) groups excluding carboxylic acids is 1. The van der Waals surface area contributed by atoms with Gasteiger partial charge in [-0.3, -0.25) is 4.79 Å². The Morgan fingerprint density at radius 2 is 2.11 bits per heavy atom. The van der Waals surface area contributed by atoms with Gasteiger partial charge in [0.2, 0.25) is 5.91 Å². The minimum Gasteiger partial charge on any atom is -0.423 e. The molecule has 7 nitrogen and oxygen atoms in total. The molecule has 2 aromatic heterocycles. The van der Waals surface area contributed by atoms with E-state index in [9.17, 15) is 9.18 Å². The van der Waals surface area contributed by atoms with Crippen LogP contribution >= 0.6 is 0 Å². The van der Waals surface area contributed by atoms with E-state index in [1.807, 2.05) is 4.90 Å². The van der Waals surface area contributed by atoms with Gasteiger partial charge < -0.3 is 14.2 Å². The topological polar surface area (TPSA) is 75.4 Å². The molecule has 1 aliphatic rings. The average Bonchev–Trinajstić information content (AvgIpc) is 2.95. The molecular formula is C20H22FN5O2. The number of amides is 1. The van der Waals surface area contributed by atoms with Crippen molar-refractivity contribution in [2.24, 2.45) is 0 Å². The fourth-order valence-electron chi connectivity index (χ4n) is 3.71. The number of fused-ring (bicyclic) bond motifs is 1. The number of hydrogen-bond donors (Lipinski definition) is 0. The van der Waals surface area contributed by atoms with Crippen LogP contribution in [0.4, 0.5) is 10.4 Å². The molecule has 1 aliphatic heterocycles. The van der Waals surface area contributed by atoms with Crippen LogP contribution in [0.15, 0.2) is 41.3 Å². The highest BCUT2D eigenvalue weighted by Gasteiger charge is 2.26. The number of carbonyl (C=O) groups is 1. The molecule has 0 unspecified atom stereocenters. The van der Waals surface area contributed by atoms with Crippen LogP contribution in [-0.2, 0) is 11.3 Å². The normalized spacial score (nSPS) is 17.5. The van der Waals surface area contributed by atoms with Crippen LogP contribution in [0.2, 0.25) is 0 Å². The fraction of sp³-hybridized carbons (Fsp3) is 0.400. The Kier molecular flexibility index (Phi) is 5.18. The summed E-state index contributed by atoms with van der Waals surface area (Å²) in [6.07, 6.45) is 7.58. The molecule has 0 aliphatic carbocycles. The van der Waals surface area contributed by atoms with Gasteiger partial charge in [0.05, 0.1) is 0 Å². The lowest BCUT2D eigenvalue weighted by Gasteiger charge is -2.30. The van der Waals surface area contributed by atoms with Crippen molar-refractivity contribution in [3.05, 3.63) is 48.3 Å². The van der Waals surface area contributed by atoms with Crippen LogP contribution in [0.3, 0.4) is 0 Å². The standard InChI is InChI=1S/C20H22FN5O2/c1-14(27)26(12-15-10-22-13-23-11-15)17-3-2-7-25(8-6-17)20-24-18-9-16(21)4-5-19(18)28-20/h4-5,9-11,13,17H,2-3,6-8,12H2,1H3/t17-/m0/s1. The van der Waals surface area contributed by atoms with Gasteiger partial charge in [0.25, 0.3) is 6.01 Å². The Bertz CT molecular complexity index is 962. The second-order valence-corrected chi connectivity index (χ2v) is 7.07. The van der Waals surface area contributed by atoms with E-state index in [-0.39, 0.29) is 17.8 Å². The van der Waals surface area contributed by atoms with Gasteiger partial charge in [-0.2, -0.15) is 4.98 Å². The number of aromatic nitrogens is 3. The zero-order valence-corrected chi connectivity index (χ0v) is 15.7. The first-order chi connectivity index (χ1) is 13.6. The van der Waals surface area contributed by atoms with Crippen LogP contribution in [-0.4, -0.2) is 44.9 Å². The fourth-order valence-corrected chi connectivity index (χ4v) is 3.71. The molecular weight excluding hydrogens is 361 g/mol. The van der Waals surface area contributed by atoms with Gasteiger partial charge in [0.15, 0.2) is 5.58 Å². The van der Waals surface area contributed by atoms with E-state index in [1.54, 1.807) is 25.4 Å². The third-order valence-corrected chi connectivity index (χ3v) is 5.12. The number of oxazole rings is 1. The Balaban J connectivity index is 1.47. The largest absolute Gasteiger partial charge is 0.423 e. The van der Waals surface area contributed by atoms with E-state index in [2.05, 4.69) is 19.9 Å². The van der Waals surface area contributed by atoms with E-state index >= 15 is 0 Å². The summed E-state index contributed by atoms with van der Waals surface area (Å²) in [5.41, 5.74) is 2.01. The SMILES string of the molecule is CC(=O)N(Cc1cncnc1)[C@H]1CCCN(c2nc3cc(F)ccc3o2)CC1. The summed E-state index contributed by atoms with van der Waals surface area (Å²) in [6.45, 7) is 3.60. The summed E-state index contributed by atoms with van der Waals surface area (Å²) in [6, 6.07) is 4.98. The molecule has 0 bridgehead atoms. The van der Waals surface area contributed by atoms with Gasteiger partial charge in [-0.05, 0) is 31.4 Å². The first-order valence-electron chi connectivity index (χ1n) is 9.42. The Hall–Kier alpha value is -3.03. The minimum atomic E-state index is -0.328. The Morgan fingerprint density at radius 1 is 1.29 bits per heavy atom. The third-order valence-electron chi connectivity index (χ3n) is 5.12. The number of anilines is 1. The lowest BCUT2D eigenvalue weighted by atomic mass is 10.1. The van der Waals surface area contributed by atoms with Gasteiger partial charge in [-0.25, -0.2) is 14.4 Å². The summed E-state index contributed by atoms with van der Waals surface area (Å²) in [5.74, 6) is -0.287. The van der Waals surface area contributed by atoms with Crippen LogP contribution in [0.25, 0.3) is 11.1 Å². The molecule has 1 aromatic carbocycles. The van der Waals surface area contributed by atoms with Gasteiger partial charge >= 0.3 is 0 Å². The lowest BCUT2D eigenvalue weighted by molar-refractivity contribution is -0.132. The van der Waals surface area contributed by atoms with Gasteiger partial charge in [-0.1, -0.05) is 0 Å². The highest BCUT2D eigenvalue weighted by Crippen LogP contribution is 2.26. The molecule has 0 N–H and O–H groups in total. The molecule has 3 heterocycles. The predicted octanol–water partition coefficient (Wildman–Crippen LogP) is 3.16. The van der Waals surface area contributed by atoms with Crippen molar-refractivity contribution in [1.82, 2.24) is 19.9 Å². The maximum atomic E-state index is 13.4. The van der Waals surface area contributed by atoms with Gasteiger partial charge in [0.1, 0.15) is 17.7 Å². The van der Waals surface area contributed by atoms with Gasteiger partial charge in [-0.15, -0.1) is 0 Å². The first-order valence-corrected chi connectivity index (χ1v) is 9.42. The summed E-state index contributed by atoms with van der Waals surface area (Å²) >= 11 is 0. The molecule has 1 saturated heterocycles. The molecule has 8 heteroatoms. The molecule has 4 rings (SSSR count). The Morgan fingerprint density at radius 3 is 2.89 bits per heavy atom. The maximum Gasteiger partial charge on any atom is 0.298 e. The summed E-state index contributed by atoms with van der Waals surface area (Å²) in [4.78, 5) is 28.7. The van der Waals surface area contributed by atoms with Crippen molar-refractivity contribution in [2.45, 2.75) is 38.8 Å². The number of benzene rings is 1. The molecule has 3 aromatic rings. The zero-order valence-electron chi connectivity index (χ0n) is 15.7. The zero-order chi connectivity index (χ0) is 19.5. The number of nitrogens with zero attached hydrogens (tertiary/aromatic N) is 5. The Labute approximate surface area is 162 Å². The molecule has 1 fully saturated rings. The molecule has 1 atom stereocenters. The lowest BCUT2D eigenvalue weighted by Crippen LogP contribution is -2.39. The summed E-state index contributed by atoms with van der Waals surface area (Å²) in [5, 5.41) is 0. The molecule has 0 radical (unpaired) electrons. The van der Waals surface area contributed by atoms with Crippen molar-refractivity contribution >= 4 is 23.0 Å². The van der Waals surface area contributed by atoms with Gasteiger partial charge in [0, 0.05) is 56.6 Å². The second kappa shape index (κ2) is 7.92. The van der Waals surface area contributed by atoms with E-state index in [0.29, 0.717) is 23.7 Å². The number of hydrogen-bond acceptors (Lipinski definition) is 6.